The van der Waals surface area contributed by atoms with Crippen LogP contribution in [0.15, 0.2) is 36.7 Å². The second-order valence-electron chi connectivity index (χ2n) is 4.55. The standard InChI is InChI=1S/C14H18N2O/c1-11(13-7-4-8-15-10-13)16-14(17)9-12-5-2-3-6-12/h2,4-5,7-8,10-12H,3,6,9H2,1H3,(H,16,17)/t11-,12-/m1/s1. The predicted molar refractivity (Wildman–Crippen MR) is 67.3 cm³/mol. The number of carbonyl (C=O) groups excluding carboxylic acids is 1. The van der Waals surface area contributed by atoms with Gasteiger partial charge < -0.3 is 5.32 Å². The minimum absolute atomic E-state index is 0.0292. The summed E-state index contributed by atoms with van der Waals surface area (Å²) in [5, 5.41) is 3.01. The third-order valence-electron chi connectivity index (χ3n) is 3.12. The van der Waals surface area contributed by atoms with Gasteiger partial charge in [-0.05, 0) is 37.3 Å². The van der Waals surface area contributed by atoms with E-state index in [1.807, 2.05) is 19.1 Å². The molecule has 0 fully saturated rings. The molecule has 1 N–H and O–H groups in total. The van der Waals surface area contributed by atoms with E-state index in [-0.39, 0.29) is 11.9 Å². The first kappa shape index (κ1) is 11.8. The van der Waals surface area contributed by atoms with Crippen LogP contribution in [0.4, 0.5) is 0 Å². The molecule has 0 unspecified atom stereocenters. The summed E-state index contributed by atoms with van der Waals surface area (Å²) in [4.78, 5) is 15.9. The number of pyridine rings is 1. The van der Waals surface area contributed by atoms with Gasteiger partial charge in [0.15, 0.2) is 0 Å². The Labute approximate surface area is 102 Å². The Balaban J connectivity index is 1.84. The van der Waals surface area contributed by atoms with Crippen molar-refractivity contribution in [2.75, 3.05) is 0 Å². The van der Waals surface area contributed by atoms with E-state index < -0.39 is 0 Å². The lowest BCUT2D eigenvalue weighted by Crippen LogP contribution is -2.27. The number of nitrogens with zero attached hydrogens (tertiary/aromatic N) is 1. The molecule has 1 aromatic heterocycles. The van der Waals surface area contributed by atoms with Gasteiger partial charge in [-0.2, -0.15) is 0 Å². The molecule has 1 amide bonds. The van der Waals surface area contributed by atoms with Crippen LogP contribution in [0.2, 0.25) is 0 Å². The fourth-order valence-electron chi connectivity index (χ4n) is 2.12. The monoisotopic (exact) mass is 230 g/mol. The predicted octanol–water partition coefficient (Wildman–Crippen LogP) is 2.62. The minimum atomic E-state index is 0.0292. The van der Waals surface area contributed by atoms with Crippen molar-refractivity contribution < 1.29 is 4.79 Å². The molecule has 1 aliphatic carbocycles. The van der Waals surface area contributed by atoms with E-state index in [0.29, 0.717) is 12.3 Å². The molecular formula is C14H18N2O. The number of hydrogen-bond acceptors (Lipinski definition) is 2. The van der Waals surface area contributed by atoms with E-state index in [2.05, 4.69) is 22.5 Å². The van der Waals surface area contributed by atoms with E-state index in [1.165, 1.54) is 0 Å². The quantitative estimate of drug-likeness (QED) is 0.808. The van der Waals surface area contributed by atoms with Gasteiger partial charge in [-0.15, -0.1) is 0 Å². The highest BCUT2D eigenvalue weighted by Gasteiger charge is 2.15. The molecule has 1 heterocycles. The molecule has 1 aromatic rings. The zero-order valence-electron chi connectivity index (χ0n) is 10.1. The maximum atomic E-state index is 11.8. The van der Waals surface area contributed by atoms with Crippen molar-refractivity contribution >= 4 is 5.91 Å². The number of amides is 1. The number of aromatic nitrogens is 1. The molecule has 0 aliphatic heterocycles. The molecule has 0 saturated heterocycles. The first-order valence-electron chi connectivity index (χ1n) is 6.11. The van der Waals surface area contributed by atoms with Gasteiger partial charge >= 0.3 is 0 Å². The maximum absolute atomic E-state index is 11.8. The molecule has 2 atom stereocenters. The van der Waals surface area contributed by atoms with Crippen LogP contribution in [0.3, 0.4) is 0 Å². The molecule has 0 spiro atoms. The summed E-state index contributed by atoms with van der Waals surface area (Å²) >= 11 is 0. The summed E-state index contributed by atoms with van der Waals surface area (Å²) < 4.78 is 0. The third kappa shape index (κ3) is 3.41. The molecule has 0 saturated carbocycles. The van der Waals surface area contributed by atoms with Crippen LogP contribution in [0.5, 0.6) is 0 Å². The average molecular weight is 230 g/mol. The summed E-state index contributed by atoms with van der Waals surface area (Å²) in [7, 11) is 0. The Hall–Kier alpha value is -1.64. The van der Waals surface area contributed by atoms with E-state index in [1.54, 1.807) is 12.4 Å². The minimum Gasteiger partial charge on any atom is -0.350 e. The van der Waals surface area contributed by atoms with E-state index >= 15 is 0 Å². The Bertz CT molecular complexity index is 400. The lowest BCUT2D eigenvalue weighted by molar-refractivity contribution is -0.122. The Morgan fingerprint density at radius 3 is 3.18 bits per heavy atom. The van der Waals surface area contributed by atoms with Crippen molar-refractivity contribution in [3.63, 3.8) is 0 Å². The molecule has 0 aromatic carbocycles. The van der Waals surface area contributed by atoms with Crippen LogP contribution in [0, 0.1) is 5.92 Å². The Kier molecular flexibility index (Phi) is 3.91. The van der Waals surface area contributed by atoms with Crippen molar-refractivity contribution in [2.24, 2.45) is 5.92 Å². The fraction of sp³-hybridized carbons (Fsp3) is 0.429. The molecule has 0 bridgehead atoms. The SMILES string of the molecule is C[C@@H](NC(=O)C[C@@H]1C=CCC1)c1cccnc1. The molecule has 1 aliphatic rings. The zero-order valence-corrected chi connectivity index (χ0v) is 10.1. The van der Waals surface area contributed by atoms with Crippen molar-refractivity contribution in [1.82, 2.24) is 10.3 Å². The second kappa shape index (κ2) is 5.62. The van der Waals surface area contributed by atoms with Crippen molar-refractivity contribution in [3.8, 4) is 0 Å². The first-order chi connectivity index (χ1) is 8.25. The van der Waals surface area contributed by atoms with Gasteiger partial charge in [-0.3, -0.25) is 9.78 Å². The lowest BCUT2D eigenvalue weighted by Gasteiger charge is -2.15. The lowest BCUT2D eigenvalue weighted by atomic mass is 10.0. The first-order valence-corrected chi connectivity index (χ1v) is 6.11. The number of carbonyl (C=O) groups is 1. The van der Waals surface area contributed by atoms with Crippen LogP contribution < -0.4 is 5.32 Å². The van der Waals surface area contributed by atoms with Crippen LogP contribution in [-0.4, -0.2) is 10.9 Å². The molecule has 0 radical (unpaired) electrons. The van der Waals surface area contributed by atoms with Gasteiger partial charge in [-0.1, -0.05) is 18.2 Å². The van der Waals surface area contributed by atoms with Gasteiger partial charge in [0, 0.05) is 18.8 Å². The normalized spacial score (nSPS) is 20.2. The summed E-state index contributed by atoms with van der Waals surface area (Å²) in [6.07, 6.45) is 10.6. The average Bonchev–Trinajstić information content (AvgIpc) is 2.82. The number of hydrogen-bond donors (Lipinski definition) is 1. The summed E-state index contributed by atoms with van der Waals surface area (Å²) in [5.74, 6) is 0.550. The molecule has 2 rings (SSSR count). The molecular weight excluding hydrogens is 212 g/mol. The highest BCUT2D eigenvalue weighted by molar-refractivity contribution is 5.76. The molecule has 3 heteroatoms. The fourth-order valence-corrected chi connectivity index (χ4v) is 2.12. The molecule has 3 nitrogen and oxygen atoms in total. The van der Waals surface area contributed by atoms with Crippen LogP contribution in [0.1, 0.15) is 37.8 Å². The molecule has 17 heavy (non-hydrogen) atoms. The Morgan fingerprint density at radius 2 is 2.53 bits per heavy atom. The van der Waals surface area contributed by atoms with Crippen molar-refractivity contribution in [1.29, 1.82) is 0 Å². The summed E-state index contributed by atoms with van der Waals surface area (Å²) in [6.45, 7) is 1.99. The third-order valence-corrected chi connectivity index (χ3v) is 3.12. The highest BCUT2D eigenvalue weighted by Crippen LogP contribution is 2.20. The highest BCUT2D eigenvalue weighted by atomic mass is 16.1. The smallest absolute Gasteiger partial charge is 0.221 e. The summed E-state index contributed by atoms with van der Waals surface area (Å²) in [6, 6.07) is 3.90. The number of nitrogens with one attached hydrogen (secondary N) is 1. The van der Waals surface area contributed by atoms with Crippen molar-refractivity contribution in [2.45, 2.75) is 32.2 Å². The van der Waals surface area contributed by atoms with E-state index in [4.69, 9.17) is 0 Å². The van der Waals surface area contributed by atoms with Gasteiger partial charge in [0.05, 0.1) is 6.04 Å². The van der Waals surface area contributed by atoms with E-state index in [9.17, 15) is 4.79 Å². The number of allylic oxidation sites excluding steroid dienone is 2. The molecule has 90 valence electrons. The second-order valence-corrected chi connectivity index (χ2v) is 4.55. The largest absolute Gasteiger partial charge is 0.350 e. The maximum Gasteiger partial charge on any atom is 0.221 e. The van der Waals surface area contributed by atoms with Crippen molar-refractivity contribution in [3.05, 3.63) is 42.2 Å². The van der Waals surface area contributed by atoms with Gasteiger partial charge in [0.1, 0.15) is 0 Å². The topological polar surface area (TPSA) is 42.0 Å². The van der Waals surface area contributed by atoms with Crippen LogP contribution in [-0.2, 0) is 4.79 Å². The Morgan fingerprint density at radius 1 is 1.65 bits per heavy atom. The van der Waals surface area contributed by atoms with Gasteiger partial charge in [-0.25, -0.2) is 0 Å². The van der Waals surface area contributed by atoms with Gasteiger partial charge in [0.25, 0.3) is 0 Å². The van der Waals surface area contributed by atoms with E-state index in [0.717, 1.165) is 18.4 Å². The summed E-state index contributed by atoms with van der Waals surface area (Å²) in [5.41, 5.74) is 1.04. The van der Waals surface area contributed by atoms with Crippen LogP contribution in [0.25, 0.3) is 0 Å². The zero-order chi connectivity index (χ0) is 12.1. The van der Waals surface area contributed by atoms with Crippen LogP contribution >= 0.6 is 0 Å². The van der Waals surface area contributed by atoms with Gasteiger partial charge in [0.2, 0.25) is 5.91 Å². The number of rotatable bonds is 4.